The van der Waals surface area contributed by atoms with E-state index in [4.69, 9.17) is 4.74 Å². The van der Waals surface area contributed by atoms with E-state index in [-0.39, 0.29) is 5.97 Å². The molecule has 0 aromatic carbocycles. The van der Waals surface area contributed by atoms with E-state index >= 15 is 0 Å². The minimum Gasteiger partial charge on any atom is -0.465 e. The van der Waals surface area contributed by atoms with Crippen molar-refractivity contribution in [2.24, 2.45) is 0 Å². The van der Waals surface area contributed by atoms with Crippen LogP contribution in [0.15, 0.2) is 0 Å². The third kappa shape index (κ3) is 4.33. The summed E-state index contributed by atoms with van der Waals surface area (Å²) in [5, 5.41) is 3.03. The molecule has 0 bridgehead atoms. The van der Waals surface area contributed by atoms with Gasteiger partial charge in [0.15, 0.2) is 0 Å². The molecule has 3 nitrogen and oxygen atoms in total. The van der Waals surface area contributed by atoms with Gasteiger partial charge in [0.2, 0.25) is 0 Å². The fourth-order valence-electron chi connectivity index (χ4n) is 0.944. The summed E-state index contributed by atoms with van der Waals surface area (Å²) in [7, 11) is 1.80. The van der Waals surface area contributed by atoms with Crippen molar-refractivity contribution in [3.05, 3.63) is 0 Å². The van der Waals surface area contributed by atoms with Gasteiger partial charge in [-0.3, -0.25) is 4.79 Å². The molecule has 4 heteroatoms. The van der Waals surface area contributed by atoms with Crippen LogP contribution >= 0.6 is 11.8 Å². The molecule has 0 fully saturated rings. The molecule has 0 aromatic heterocycles. The van der Waals surface area contributed by atoms with Crippen molar-refractivity contribution in [1.29, 1.82) is 0 Å². The molecule has 0 rings (SSSR count). The molecule has 0 amide bonds. The number of nitrogens with one attached hydrogen (secondary N) is 1. The molecule has 0 spiro atoms. The molecule has 1 N–H and O–H groups in total. The number of rotatable bonds is 7. The van der Waals surface area contributed by atoms with Gasteiger partial charge in [0, 0.05) is 5.75 Å². The SMILES string of the molecule is CCCSCC(C)(NC)C(=O)OCC. The fraction of sp³-hybridized carbons (Fsp3) is 0.900. The number of thioether (sulfide) groups is 1. The number of hydrogen-bond acceptors (Lipinski definition) is 4. The molecular weight excluding hydrogens is 198 g/mol. The van der Waals surface area contributed by atoms with E-state index in [0.717, 1.165) is 17.9 Å². The molecule has 0 saturated heterocycles. The van der Waals surface area contributed by atoms with Crippen molar-refractivity contribution in [1.82, 2.24) is 5.32 Å². The van der Waals surface area contributed by atoms with Crippen molar-refractivity contribution in [3.8, 4) is 0 Å². The molecule has 14 heavy (non-hydrogen) atoms. The van der Waals surface area contributed by atoms with Gasteiger partial charge in [-0.05, 0) is 33.1 Å². The Hall–Kier alpha value is -0.220. The normalized spacial score (nSPS) is 14.9. The standard InChI is InChI=1S/C10H21NO2S/c1-5-7-14-8-10(3,11-4)9(12)13-6-2/h11H,5-8H2,1-4H3. The number of ether oxygens (including phenoxy) is 1. The molecule has 0 saturated carbocycles. The van der Waals surface area contributed by atoms with Gasteiger partial charge in [0.05, 0.1) is 6.61 Å². The predicted octanol–water partition coefficient (Wildman–Crippen LogP) is 1.67. The summed E-state index contributed by atoms with van der Waals surface area (Å²) in [6, 6.07) is 0. The molecule has 0 aromatic rings. The molecular formula is C10H21NO2S. The Bertz CT molecular complexity index is 176. The molecule has 1 unspecified atom stereocenters. The van der Waals surface area contributed by atoms with Crippen molar-refractivity contribution in [2.45, 2.75) is 32.7 Å². The lowest BCUT2D eigenvalue weighted by atomic mass is 10.1. The van der Waals surface area contributed by atoms with Crippen LogP contribution in [0, 0.1) is 0 Å². The van der Waals surface area contributed by atoms with Crippen molar-refractivity contribution >= 4 is 17.7 Å². The van der Waals surface area contributed by atoms with E-state index in [2.05, 4.69) is 12.2 Å². The molecule has 84 valence electrons. The highest BCUT2D eigenvalue weighted by Crippen LogP contribution is 2.15. The van der Waals surface area contributed by atoms with E-state index < -0.39 is 5.54 Å². The fourth-order valence-corrected chi connectivity index (χ4v) is 2.05. The van der Waals surface area contributed by atoms with E-state index in [1.165, 1.54) is 0 Å². The van der Waals surface area contributed by atoms with Gasteiger partial charge in [-0.2, -0.15) is 11.8 Å². The first-order valence-corrected chi connectivity index (χ1v) is 6.20. The first kappa shape index (κ1) is 13.8. The van der Waals surface area contributed by atoms with E-state index in [9.17, 15) is 4.79 Å². The van der Waals surface area contributed by atoms with Gasteiger partial charge >= 0.3 is 5.97 Å². The number of esters is 1. The van der Waals surface area contributed by atoms with Crippen molar-refractivity contribution in [3.63, 3.8) is 0 Å². The van der Waals surface area contributed by atoms with Gasteiger partial charge in [-0.1, -0.05) is 6.92 Å². The maximum atomic E-state index is 11.6. The molecule has 0 heterocycles. The first-order chi connectivity index (χ1) is 6.60. The van der Waals surface area contributed by atoms with E-state index in [0.29, 0.717) is 6.61 Å². The number of hydrogen-bond donors (Lipinski definition) is 1. The van der Waals surface area contributed by atoms with Gasteiger partial charge < -0.3 is 10.1 Å². The van der Waals surface area contributed by atoms with Crippen LogP contribution in [0.5, 0.6) is 0 Å². The summed E-state index contributed by atoms with van der Waals surface area (Å²) in [5.41, 5.74) is -0.546. The van der Waals surface area contributed by atoms with Crippen LogP contribution in [0.3, 0.4) is 0 Å². The molecule has 0 aliphatic heterocycles. The summed E-state index contributed by atoms with van der Waals surface area (Å²) in [6.07, 6.45) is 1.13. The average Bonchev–Trinajstić information content (AvgIpc) is 2.18. The van der Waals surface area contributed by atoms with Gasteiger partial charge in [-0.25, -0.2) is 0 Å². The van der Waals surface area contributed by atoms with Crippen LogP contribution < -0.4 is 5.32 Å². The van der Waals surface area contributed by atoms with Crippen molar-refractivity contribution < 1.29 is 9.53 Å². The monoisotopic (exact) mass is 219 g/mol. The lowest BCUT2D eigenvalue weighted by molar-refractivity contribution is -0.149. The average molecular weight is 219 g/mol. The lowest BCUT2D eigenvalue weighted by Crippen LogP contribution is -2.50. The Balaban J connectivity index is 4.09. The third-order valence-corrected chi connectivity index (χ3v) is 3.50. The second-order valence-corrected chi connectivity index (χ2v) is 4.46. The molecule has 0 aliphatic rings. The zero-order valence-corrected chi connectivity index (χ0v) is 10.4. The highest BCUT2D eigenvalue weighted by molar-refractivity contribution is 7.99. The Morgan fingerprint density at radius 3 is 2.57 bits per heavy atom. The van der Waals surface area contributed by atoms with E-state index in [1.807, 2.05) is 13.8 Å². The van der Waals surface area contributed by atoms with E-state index in [1.54, 1.807) is 18.8 Å². The van der Waals surface area contributed by atoms with Crippen molar-refractivity contribution in [2.75, 3.05) is 25.2 Å². The molecule has 0 radical (unpaired) electrons. The third-order valence-electron chi connectivity index (χ3n) is 2.02. The zero-order chi connectivity index (χ0) is 11.0. The summed E-state index contributed by atoms with van der Waals surface area (Å²) < 4.78 is 5.01. The quantitative estimate of drug-likeness (QED) is 0.522. The van der Waals surface area contributed by atoms with Crippen LogP contribution in [-0.2, 0) is 9.53 Å². The highest BCUT2D eigenvalue weighted by Gasteiger charge is 2.32. The van der Waals surface area contributed by atoms with Crippen LogP contribution in [0.2, 0.25) is 0 Å². The Kier molecular flexibility index (Phi) is 7.01. The second-order valence-electron chi connectivity index (χ2n) is 3.36. The Morgan fingerprint density at radius 2 is 2.14 bits per heavy atom. The summed E-state index contributed by atoms with van der Waals surface area (Å²) in [5.74, 6) is 1.68. The number of carbonyl (C=O) groups is 1. The zero-order valence-electron chi connectivity index (χ0n) is 9.55. The summed E-state index contributed by atoms with van der Waals surface area (Å²) in [6.45, 7) is 6.28. The lowest BCUT2D eigenvalue weighted by Gasteiger charge is -2.26. The summed E-state index contributed by atoms with van der Waals surface area (Å²) in [4.78, 5) is 11.6. The Morgan fingerprint density at radius 1 is 1.50 bits per heavy atom. The van der Waals surface area contributed by atoms with Crippen LogP contribution in [0.25, 0.3) is 0 Å². The van der Waals surface area contributed by atoms with Crippen LogP contribution in [0.4, 0.5) is 0 Å². The minimum absolute atomic E-state index is 0.161. The molecule has 1 atom stereocenters. The topological polar surface area (TPSA) is 38.3 Å². The van der Waals surface area contributed by atoms with Crippen LogP contribution in [-0.4, -0.2) is 36.7 Å². The smallest absolute Gasteiger partial charge is 0.326 e. The second kappa shape index (κ2) is 7.12. The predicted molar refractivity (Wildman–Crippen MR) is 61.7 cm³/mol. The van der Waals surface area contributed by atoms with Gasteiger partial charge in [0.1, 0.15) is 5.54 Å². The number of likely N-dealkylation sites (N-methyl/N-ethyl adjacent to an activating group) is 1. The minimum atomic E-state index is -0.546. The highest BCUT2D eigenvalue weighted by atomic mass is 32.2. The maximum absolute atomic E-state index is 11.6. The maximum Gasteiger partial charge on any atom is 0.326 e. The summed E-state index contributed by atoms with van der Waals surface area (Å²) >= 11 is 1.78. The van der Waals surface area contributed by atoms with Gasteiger partial charge in [0.25, 0.3) is 0 Å². The molecule has 0 aliphatic carbocycles. The van der Waals surface area contributed by atoms with Gasteiger partial charge in [-0.15, -0.1) is 0 Å². The van der Waals surface area contributed by atoms with Crippen LogP contribution in [0.1, 0.15) is 27.2 Å². The number of carbonyl (C=O) groups excluding carboxylic acids is 1. The first-order valence-electron chi connectivity index (χ1n) is 5.04. The Labute approximate surface area is 91.0 Å². The largest absolute Gasteiger partial charge is 0.465 e.